The summed E-state index contributed by atoms with van der Waals surface area (Å²) in [6.45, 7) is 2.06. The van der Waals surface area contributed by atoms with E-state index in [1.165, 1.54) is 0 Å². The SMILES string of the molecule is CC1CSC(N)=N1. The van der Waals surface area contributed by atoms with Crippen LogP contribution in [0.15, 0.2) is 4.99 Å². The van der Waals surface area contributed by atoms with Gasteiger partial charge in [-0.2, -0.15) is 0 Å². The van der Waals surface area contributed by atoms with Crippen LogP contribution in [-0.2, 0) is 0 Å². The second-order valence-corrected chi connectivity index (χ2v) is 2.67. The number of aliphatic imine (C=N–C) groups is 1. The molecule has 0 aromatic heterocycles. The largest absolute Gasteiger partial charge is 0.379 e. The average Bonchev–Trinajstić information content (AvgIpc) is 1.87. The fraction of sp³-hybridized carbons (Fsp3) is 0.750. The van der Waals surface area contributed by atoms with Crippen LogP contribution in [-0.4, -0.2) is 17.0 Å². The van der Waals surface area contributed by atoms with Gasteiger partial charge in [0.2, 0.25) is 0 Å². The quantitative estimate of drug-likeness (QED) is 0.498. The van der Waals surface area contributed by atoms with Crippen molar-refractivity contribution in [3.63, 3.8) is 0 Å². The van der Waals surface area contributed by atoms with Gasteiger partial charge in [0.15, 0.2) is 5.17 Å². The molecule has 0 amide bonds. The van der Waals surface area contributed by atoms with Gasteiger partial charge in [-0.1, -0.05) is 11.8 Å². The Balaban J connectivity index is 2.50. The Labute approximate surface area is 47.2 Å². The first-order chi connectivity index (χ1) is 3.29. The zero-order chi connectivity index (χ0) is 5.28. The van der Waals surface area contributed by atoms with Gasteiger partial charge in [-0.25, -0.2) is 0 Å². The third-order valence-electron chi connectivity index (χ3n) is 0.820. The molecule has 0 fully saturated rings. The van der Waals surface area contributed by atoms with Gasteiger partial charge < -0.3 is 5.73 Å². The van der Waals surface area contributed by atoms with Crippen molar-refractivity contribution in [1.29, 1.82) is 0 Å². The maximum absolute atomic E-state index is 5.34. The van der Waals surface area contributed by atoms with Crippen LogP contribution in [0.1, 0.15) is 6.92 Å². The molecule has 0 aromatic rings. The number of hydrogen-bond donors (Lipinski definition) is 1. The molecule has 7 heavy (non-hydrogen) atoms. The van der Waals surface area contributed by atoms with Gasteiger partial charge in [-0.05, 0) is 6.92 Å². The lowest BCUT2D eigenvalue weighted by atomic mass is 10.4. The monoisotopic (exact) mass is 116 g/mol. The molecule has 0 spiro atoms. The predicted molar refractivity (Wildman–Crippen MR) is 33.5 cm³/mol. The van der Waals surface area contributed by atoms with Gasteiger partial charge >= 0.3 is 0 Å². The van der Waals surface area contributed by atoms with Crippen molar-refractivity contribution >= 4 is 16.9 Å². The van der Waals surface area contributed by atoms with E-state index in [2.05, 4.69) is 11.9 Å². The fourth-order valence-electron chi connectivity index (χ4n) is 0.498. The van der Waals surface area contributed by atoms with Crippen molar-refractivity contribution < 1.29 is 0 Å². The van der Waals surface area contributed by atoms with E-state index >= 15 is 0 Å². The number of rotatable bonds is 0. The normalized spacial score (nSPS) is 30.4. The second-order valence-electron chi connectivity index (χ2n) is 1.63. The molecule has 1 unspecified atom stereocenters. The smallest absolute Gasteiger partial charge is 0.154 e. The molecule has 0 aromatic carbocycles. The Kier molecular flexibility index (Phi) is 1.23. The van der Waals surface area contributed by atoms with Crippen molar-refractivity contribution in [2.45, 2.75) is 13.0 Å². The Morgan fingerprint density at radius 2 is 2.71 bits per heavy atom. The van der Waals surface area contributed by atoms with Crippen LogP contribution in [0.5, 0.6) is 0 Å². The summed E-state index contributed by atoms with van der Waals surface area (Å²) in [6.07, 6.45) is 0. The molecule has 1 atom stereocenters. The summed E-state index contributed by atoms with van der Waals surface area (Å²) in [7, 11) is 0. The molecular formula is C4H8N2S. The van der Waals surface area contributed by atoms with Crippen molar-refractivity contribution in [2.75, 3.05) is 5.75 Å². The zero-order valence-corrected chi connectivity index (χ0v) is 5.03. The summed E-state index contributed by atoms with van der Waals surface area (Å²) < 4.78 is 0. The lowest BCUT2D eigenvalue weighted by molar-refractivity contribution is 0.864. The summed E-state index contributed by atoms with van der Waals surface area (Å²) in [5.74, 6) is 1.06. The van der Waals surface area contributed by atoms with E-state index in [0.717, 1.165) is 10.9 Å². The first-order valence-corrected chi connectivity index (χ1v) is 3.23. The van der Waals surface area contributed by atoms with Crippen LogP contribution in [0.4, 0.5) is 0 Å². The van der Waals surface area contributed by atoms with Gasteiger partial charge in [0.25, 0.3) is 0 Å². The van der Waals surface area contributed by atoms with Gasteiger partial charge in [0.05, 0.1) is 6.04 Å². The first-order valence-electron chi connectivity index (χ1n) is 2.25. The van der Waals surface area contributed by atoms with Crippen LogP contribution >= 0.6 is 11.8 Å². The van der Waals surface area contributed by atoms with E-state index in [4.69, 9.17) is 5.73 Å². The van der Waals surface area contributed by atoms with E-state index in [0.29, 0.717) is 6.04 Å². The zero-order valence-electron chi connectivity index (χ0n) is 4.22. The van der Waals surface area contributed by atoms with Crippen LogP contribution < -0.4 is 5.73 Å². The number of amidine groups is 1. The van der Waals surface area contributed by atoms with Gasteiger partial charge in [0.1, 0.15) is 0 Å². The van der Waals surface area contributed by atoms with E-state index in [-0.39, 0.29) is 0 Å². The van der Waals surface area contributed by atoms with Crippen molar-refractivity contribution in [3.05, 3.63) is 0 Å². The highest BCUT2D eigenvalue weighted by molar-refractivity contribution is 8.14. The standard InChI is InChI=1S/C4H8N2S/c1-3-2-7-4(5)6-3/h3H,2H2,1H3,(H2,5,6). The first kappa shape index (κ1) is 4.97. The molecular weight excluding hydrogens is 108 g/mol. The van der Waals surface area contributed by atoms with Crippen molar-refractivity contribution in [1.82, 2.24) is 0 Å². The van der Waals surface area contributed by atoms with Gasteiger partial charge in [-0.3, -0.25) is 4.99 Å². The summed E-state index contributed by atoms with van der Waals surface area (Å²) in [5, 5.41) is 0.743. The van der Waals surface area contributed by atoms with Crippen molar-refractivity contribution in [2.24, 2.45) is 10.7 Å². The highest BCUT2D eigenvalue weighted by Crippen LogP contribution is 2.12. The molecule has 1 aliphatic rings. The highest BCUT2D eigenvalue weighted by Gasteiger charge is 2.08. The summed E-state index contributed by atoms with van der Waals surface area (Å²) in [4.78, 5) is 4.05. The van der Waals surface area contributed by atoms with E-state index < -0.39 is 0 Å². The van der Waals surface area contributed by atoms with Crippen LogP contribution in [0.2, 0.25) is 0 Å². The fourth-order valence-corrected chi connectivity index (χ4v) is 1.24. The Hall–Kier alpha value is -0.180. The maximum atomic E-state index is 5.34. The Morgan fingerprint density at radius 3 is 2.86 bits per heavy atom. The minimum Gasteiger partial charge on any atom is -0.379 e. The van der Waals surface area contributed by atoms with Crippen molar-refractivity contribution in [3.8, 4) is 0 Å². The third kappa shape index (κ3) is 1.09. The molecule has 2 N–H and O–H groups in total. The minimum absolute atomic E-state index is 0.449. The summed E-state index contributed by atoms with van der Waals surface area (Å²) >= 11 is 1.63. The van der Waals surface area contributed by atoms with Gasteiger partial charge in [-0.15, -0.1) is 0 Å². The molecule has 0 saturated carbocycles. The molecule has 0 saturated heterocycles. The molecule has 1 heterocycles. The predicted octanol–water partition coefficient (Wildman–Crippen LogP) is 0.436. The second kappa shape index (κ2) is 1.74. The molecule has 40 valence electrons. The van der Waals surface area contributed by atoms with E-state index in [1.807, 2.05) is 0 Å². The van der Waals surface area contributed by atoms with Crippen LogP contribution in [0, 0.1) is 0 Å². The van der Waals surface area contributed by atoms with Gasteiger partial charge in [0, 0.05) is 5.75 Å². The highest BCUT2D eigenvalue weighted by atomic mass is 32.2. The van der Waals surface area contributed by atoms with E-state index in [1.54, 1.807) is 11.8 Å². The number of thioether (sulfide) groups is 1. The third-order valence-corrected chi connectivity index (χ3v) is 1.87. The topological polar surface area (TPSA) is 38.4 Å². The summed E-state index contributed by atoms with van der Waals surface area (Å²) in [5.41, 5.74) is 5.34. The lowest BCUT2D eigenvalue weighted by Gasteiger charge is -1.86. The number of nitrogens with two attached hydrogens (primary N) is 1. The Bertz CT molecular complexity index is 99.9. The molecule has 2 nitrogen and oxygen atoms in total. The maximum Gasteiger partial charge on any atom is 0.154 e. The molecule has 0 radical (unpaired) electrons. The van der Waals surface area contributed by atoms with Crippen LogP contribution in [0.25, 0.3) is 0 Å². The van der Waals surface area contributed by atoms with Crippen LogP contribution in [0.3, 0.4) is 0 Å². The minimum atomic E-state index is 0.449. The average molecular weight is 116 g/mol. The molecule has 1 aliphatic heterocycles. The Morgan fingerprint density at radius 1 is 2.00 bits per heavy atom. The summed E-state index contributed by atoms with van der Waals surface area (Å²) in [6, 6.07) is 0.449. The molecule has 1 rings (SSSR count). The molecule has 0 bridgehead atoms. The van der Waals surface area contributed by atoms with E-state index in [9.17, 15) is 0 Å². The molecule has 3 heteroatoms. The number of nitrogens with zero attached hydrogens (tertiary/aromatic N) is 1. The number of hydrogen-bond acceptors (Lipinski definition) is 3. The lowest BCUT2D eigenvalue weighted by Crippen LogP contribution is -2.01. The molecule has 0 aliphatic carbocycles.